The summed E-state index contributed by atoms with van der Waals surface area (Å²) in [5, 5.41) is 7.46. The van der Waals surface area contributed by atoms with Crippen molar-refractivity contribution < 1.29 is 4.52 Å². The number of nitrogens with one attached hydrogen (secondary N) is 1. The first-order chi connectivity index (χ1) is 11.3. The summed E-state index contributed by atoms with van der Waals surface area (Å²) in [6.07, 6.45) is 2.27. The standard InChI is InChI=1S/C19H21N3O/c1-3-7-15-10-12-17(13-11-15)20-14(2)19-21-18(22-23-19)16-8-5-4-6-9-16/h4-6,8-14,20H,3,7H2,1-2H3. The molecule has 0 saturated heterocycles. The molecular weight excluding hydrogens is 286 g/mol. The highest BCUT2D eigenvalue weighted by molar-refractivity contribution is 5.54. The highest BCUT2D eigenvalue weighted by Crippen LogP contribution is 2.21. The lowest BCUT2D eigenvalue weighted by Crippen LogP contribution is -2.07. The molecule has 0 saturated carbocycles. The quantitative estimate of drug-likeness (QED) is 0.706. The van der Waals surface area contributed by atoms with E-state index in [4.69, 9.17) is 4.52 Å². The van der Waals surface area contributed by atoms with Crippen LogP contribution in [-0.4, -0.2) is 10.1 Å². The van der Waals surface area contributed by atoms with E-state index in [1.807, 2.05) is 37.3 Å². The highest BCUT2D eigenvalue weighted by Gasteiger charge is 2.15. The molecule has 0 aliphatic rings. The van der Waals surface area contributed by atoms with Gasteiger partial charge < -0.3 is 9.84 Å². The fourth-order valence-corrected chi connectivity index (χ4v) is 2.48. The van der Waals surface area contributed by atoms with Gasteiger partial charge in [0.05, 0.1) is 0 Å². The van der Waals surface area contributed by atoms with Gasteiger partial charge in [0.1, 0.15) is 6.04 Å². The van der Waals surface area contributed by atoms with Crippen molar-refractivity contribution in [1.82, 2.24) is 10.1 Å². The van der Waals surface area contributed by atoms with E-state index in [1.54, 1.807) is 0 Å². The minimum Gasteiger partial charge on any atom is -0.374 e. The van der Waals surface area contributed by atoms with E-state index in [2.05, 4.69) is 46.6 Å². The topological polar surface area (TPSA) is 51.0 Å². The number of nitrogens with zero attached hydrogens (tertiary/aromatic N) is 2. The predicted octanol–water partition coefficient (Wildman–Crippen LogP) is 4.86. The molecule has 4 heteroatoms. The van der Waals surface area contributed by atoms with Gasteiger partial charge in [-0.1, -0.05) is 61.0 Å². The van der Waals surface area contributed by atoms with Crippen LogP contribution in [-0.2, 0) is 6.42 Å². The van der Waals surface area contributed by atoms with E-state index in [9.17, 15) is 0 Å². The smallest absolute Gasteiger partial charge is 0.249 e. The zero-order valence-electron chi connectivity index (χ0n) is 13.5. The van der Waals surface area contributed by atoms with Gasteiger partial charge in [-0.15, -0.1) is 0 Å². The van der Waals surface area contributed by atoms with E-state index >= 15 is 0 Å². The Hall–Kier alpha value is -2.62. The molecule has 23 heavy (non-hydrogen) atoms. The van der Waals surface area contributed by atoms with E-state index < -0.39 is 0 Å². The second kappa shape index (κ2) is 7.09. The Morgan fingerprint density at radius 3 is 2.48 bits per heavy atom. The molecule has 4 nitrogen and oxygen atoms in total. The summed E-state index contributed by atoms with van der Waals surface area (Å²) in [5.41, 5.74) is 3.37. The third-order valence-electron chi connectivity index (χ3n) is 3.72. The molecule has 1 atom stereocenters. The van der Waals surface area contributed by atoms with Crippen LogP contribution in [0, 0.1) is 0 Å². The fraction of sp³-hybridized carbons (Fsp3) is 0.263. The van der Waals surface area contributed by atoms with Crippen LogP contribution >= 0.6 is 0 Å². The van der Waals surface area contributed by atoms with Gasteiger partial charge >= 0.3 is 0 Å². The van der Waals surface area contributed by atoms with Crippen molar-refractivity contribution >= 4 is 5.69 Å². The minimum atomic E-state index is -0.0445. The Balaban J connectivity index is 1.69. The third kappa shape index (κ3) is 3.77. The fourth-order valence-electron chi connectivity index (χ4n) is 2.48. The van der Waals surface area contributed by atoms with E-state index in [1.165, 1.54) is 5.56 Å². The van der Waals surface area contributed by atoms with Crippen molar-refractivity contribution in [3.8, 4) is 11.4 Å². The molecule has 3 aromatic rings. The molecule has 1 unspecified atom stereocenters. The van der Waals surface area contributed by atoms with E-state index in [-0.39, 0.29) is 6.04 Å². The highest BCUT2D eigenvalue weighted by atomic mass is 16.5. The first-order valence-corrected chi connectivity index (χ1v) is 8.00. The minimum absolute atomic E-state index is 0.0445. The Labute approximate surface area is 136 Å². The summed E-state index contributed by atoms with van der Waals surface area (Å²) in [7, 11) is 0. The Kier molecular flexibility index (Phi) is 4.71. The lowest BCUT2D eigenvalue weighted by molar-refractivity contribution is 0.368. The summed E-state index contributed by atoms with van der Waals surface area (Å²) in [6, 6.07) is 18.3. The van der Waals surface area contributed by atoms with Gasteiger partial charge in [0.2, 0.25) is 11.7 Å². The zero-order chi connectivity index (χ0) is 16.1. The van der Waals surface area contributed by atoms with Crippen LogP contribution in [0.15, 0.2) is 59.1 Å². The largest absolute Gasteiger partial charge is 0.374 e. The molecule has 3 rings (SSSR count). The number of anilines is 1. The van der Waals surface area contributed by atoms with Crippen molar-refractivity contribution in [3.63, 3.8) is 0 Å². The Morgan fingerprint density at radius 1 is 1.04 bits per heavy atom. The maximum Gasteiger partial charge on any atom is 0.249 e. The van der Waals surface area contributed by atoms with E-state index in [0.29, 0.717) is 11.7 Å². The van der Waals surface area contributed by atoms with Crippen LogP contribution in [0.25, 0.3) is 11.4 Å². The van der Waals surface area contributed by atoms with Crippen molar-refractivity contribution in [1.29, 1.82) is 0 Å². The molecular formula is C19H21N3O. The van der Waals surface area contributed by atoms with Gasteiger partial charge in [-0.2, -0.15) is 4.98 Å². The number of hydrogen-bond donors (Lipinski definition) is 1. The summed E-state index contributed by atoms with van der Waals surface area (Å²) >= 11 is 0. The molecule has 0 spiro atoms. The number of aromatic nitrogens is 2. The van der Waals surface area contributed by atoms with Gasteiger partial charge in [0.25, 0.3) is 0 Å². The summed E-state index contributed by atoms with van der Waals surface area (Å²) in [6.45, 7) is 4.20. The van der Waals surface area contributed by atoms with Crippen molar-refractivity contribution in [2.75, 3.05) is 5.32 Å². The second-order valence-corrected chi connectivity index (χ2v) is 5.64. The molecule has 2 aromatic carbocycles. The van der Waals surface area contributed by atoms with Crippen LogP contribution < -0.4 is 5.32 Å². The van der Waals surface area contributed by atoms with Gasteiger partial charge in [-0.3, -0.25) is 0 Å². The SMILES string of the molecule is CCCc1ccc(NC(C)c2nc(-c3ccccc3)no2)cc1. The van der Waals surface area contributed by atoms with Crippen molar-refractivity contribution in [3.05, 3.63) is 66.1 Å². The molecule has 0 bridgehead atoms. The van der Waals surface area contributed by atoms with Gasteiger partial charge in [0.15, 0.2) is 0 Å². The number of aryl methyl sites for hydroxylation is 1. The van der Waals surface area contributed by atoms with Gasteiger partial charge in [-0.05, 0) is 31.0 Å². The Morgan fingerprint density at radius 2 is 1.78 bits per heavy atom. The van der Waals surface area contributed by atoms with Crippen LogP contribution in [0.5, 0.6) is 0 Å². The maximum atomic E-state index is 5.39. The number of hydrogen-bond acceptors (Lipinski definition) is 4. The first kappa shape index (κ1) is 15.3. The predicted molar refractivity (Wildman–Crippen MR) is 92.2 cm³/mol. The van der Waals surface area contributed by atoms with Crippen LogP contribution in [0.3, 0.4) is 0 Å². The van der Waals surface area contributed by atoms with Crippen LogP contribution in [0.2, 0.25) is 0 Å². The molecule has 0 fully saturated rings. The summed E-state index contributed by atoms with van der Waals surface area (Å²) < 4.78 is 5.39. The third-order valence-corrected chi connectivity index (χ3v) is 3.72. The maximum absolute atomic E-state index is 5.39. The molecule has 1 N–H and O–H groups in total. The van der Waals surface area contributed by atoms with Crippen LogP contribution in [0.1, 0.15) is 37.8 Å². The lowest BCUT2D eigenvalue weighted by Gasteiger charge is -2.11. The van der Waals surface area contributed by atoms with Gasteiger partial charge in [0, 0.05) is 11.3 Å². The average molecular weight is 307 g/mol. The normalized spacial score (nSPS) is 12.1. The summed E-state index contributed by atoms with van der Waals surface area (Å²) in [4.78, 5) is 4.48. The lowest BCUT2D eigenvalue weighted by atomic mass is 10.1. The molecule has 0 aliphatic heterocycles. The number of rotatable bonds is 6. The monoisotopic (exact) mass is 307 g/mol. The van der Waals surface area contributed by atoms with Crippen molar-refractivity contribution in [2.45, 2.75) is 32.7 Å². The van der Waals surface area contributed by atoms with Gasteiger partial charge in [-0.25, -0.2) is 0 Å². The molecule has 0 aliphatic carbocycles. The Bertz CT molecular complexity index is 735. The number of benzene rings is 2. The van der Waals surface area contributed by atoms with E-state index in [0.717, 1.165) is 24.1 Å². The molecule has 1 heterocycles. The zero-order valence-corrected chi connectivity index (χ0v) is 13.5. The molecule has 118 valence electrons. The summed E-state index contributed by atoms with van der Waals surface area (Å²) in [5.74, 6) is 1.20. The first-order valence-electron chi connectivity index (χ1n) is 8.00. The molecule has 1 aromatic heterocycles. The van der Waals surface area contributed by atoms with Crippen LogP contribution in [0.4, 0.5) is 5.69 Å². The second-order valence-electron chi connectivity index (χ2n) is 5.64. The average Bonchev–Trinajstić information content (AvgIpc) is 3.08. The molecule has 0 amide bonds. The molecule has 0 radical (unpaired) electrons. The van der Waals surface area contributed by atoms with Crippen molar-refractivity contribution in [2.24, 2.45) is 0 Å².